The number of para-hydroxylation sites is 2. The standard InChI is InChI=1S/C22H19N3O3/c1-12-13(8-14-18(26)9-22(2,3)10-19(14)27)21(28)25-17-7-5-4-6-16(17)24-20(25)15(12)11-23/h4-8,26H,9-10H2,1-3H3/b13-8-. The number of pyridine rings is 1. The molecule has 6 nitrogen and oxygen atoms in total. The maximum absolute atomic E-state index is 13.3. The lowest BCUT2D eigenvalue weighted by Crippen LogP contribution is -2.35. The summed E-state index contributed by atoms with van der Waals surface area (Å²) in [5, 5.41) is 20.3. The fourth-order valence-corrected chi connectivity index (χ4v) is 3.90. The molecule has 0 unspecified atom stereocenters. The van der Waals surface area contributed by atoms with E-state index in [1.165, 1.54) is 10.5 Å². The zero-order valence-electron chi connectivity index (χ0n) is 15.9. The van der Waals surface area contributed by atoms with Crippen LogP contribution in [-0.2, 0) is 4.79 Å². The van der Waals surface area contributed by atoms with Crippen LogP contribution in [0.4, 0.5) is 0 Å². The van der Waals surface area contributed by atoms with Gasteiger partial charge in [0.05, 0.1) is 22.2 Å². The smallest absolute Gasteiger partial charge is 0.264 e. The van der Waals surface area contributed by atoms with Gasteiger partial charge in [-0.2, -0.15) is 5.26 Å². The van der Waals surface area contributed by atoms with Crippen molar-refractivity contribution in [1.29, 1.82) is 5.26 Å². The summed E-state index contributed by atoms with van der Waals surface area (Å²) in [5.41, 5.74) is 1.71. The summed E-state index contributed by atoms with van der Waals surface area (Å²) in [4.78, 5) is 30.3. The molecule has 1 aromatic carbocycles. The van der Waals surface area contributed by atoms with Gasteiger partial charge in [0.25, 0.3) is 5.56 Å². The molecule has 28 heavy (non-hydrogen) atoms. The minimum Gasteiger partial charge on any atom is -0.512 e. The van der Waals surface area contributed by atoms with Crippen molar-refractivity contribution in [3.8, 4) is 6.07 Å². The molecule has 0 amide bonds. The van der Waals surface area contributed by atoms with Gasteiger partial charge in [-0.15, -0.1) is 0 Å². The lowest BCUT2D eigenvalue weighted by atomic mass is 9.76. The van der Waals surface area contributed by atoms with Gasteiger partial charge in [0.2, 0.25) is 0 Å². The Bertz CT molecular complexity index is 1350. The summed E-state index contributed by atoms with van der Waals surface area (Å²) in [6, 6.07) is 9.29. The van der Waals surface area contributed by atoms with Crippen molar-refractivity contribution in [1.82, 2.24) is 9.38 Å². The Morgan fingerprint density at radius 1 is 1.25 bits per heavy atom. The molecule has 1 N–H and O–H groups in total. The third kappa shape index (κ3) is 2.59. The van der Waals surface area contributed by atoms with Crippen LogP contribution in [0.5, 0.6) is 0 Å². The molecule has 0 aliphatic heterocycles. The first-order chi connectivity index (χ1) is 13.2. The van der Waals surface area contributed by atoms with E-state index < -0.39 is 0 Å². The number of aliphatic hydroxyl groups excluding tert-OH is 1. The molecule has 140 valence electrons. The van der Waals surface area contributed by atoms with E-state index in [2.05, 4.69) is 11.1 Å². The molecule has 0 bridgehead atoms. The monoisotopic (exact) mass is 373 g/mol. The van der Waals surface area contributed by atoms with E-state index in [4.69, 9.17) is 0 Å². The second-order valence-electron chi connectivity index (χ2n) is 8.04. The number of carbonyl (C=O) groups excluding carboxylic acids is 1. The first-order valence-corrected chi connectivity index (χ1v) is 9.04. The van der Waals surface area contributed by atoms with Gasteiger partial charge in [0.1, 0.15) is 11.8 Å². The van der Waals surface area contributed by atoms with Crippen molar-refractivity contribution >= 4 is 28.5 Å². The number of ketones is 1. The number of rotatable bonds is 1. The largest absolute Gasteiger partial charge is 0.512 e. The Morgan fingerprint density at radius 2 is 1.96 bits per heavy atom. The number of imidazole rings is 1. The maximum Gasteiger partial charge on any atom is 0.264 e. The molecule has 0 spiro atoms. The molecule has 1 aliphatic carbocycles. The highest BCUT2D eigenvalue weighted by Crippen LogP contribution is 2.36. The van der Waals surface area contributed by atoms with Crippen molar-refractivity contribution in [2.24, 2.45) is 5.41 Å². The van der Waals surface area contributed by atoms with Gasteiger partial charge >= 0.3 is 0 Å². The summed E-state index contributed by atoms with van der Waals surface area (Å²) in [7, 11) is 0. The molecule has 3 aromatic rings. The van der Waals surface area contributed by atoms with E-state index in [0.29, 0.717) is 28.7 Å². The second-order valence-corrected chi connectivity index (χ2v) is 8.04. The Balaban J connectivity index is 2.13. The first kappa shape index (κ1) is 17.9. The number of allylic oxidation sites excluding steroid dienone is 2. The summed E-state index contributed by atoms with van der Waals surface area (Å²) < 4.78 is 1.40. The van der Waals surface area contributed by atoms with Crippen LogP contribution in [0.25, 0.3) is 22.8 Å². The Labute approximate surface area is 161 Å². The predicted molar refractivity (Wildman–Crippen MR) is 106 cm³/mol. The fourth-order valence-electron chi connectivity index (χ4n) is 3.90. The number of hydrogen-bond acceptors (Lipinski definition) is 5. The average Bonchev–Trinajstić information content (AvgIpc) is 2.99. The molecule has 0 atom stereocenters. The van der Waals surface area contributed by atoms with Crippen LogP contribution in [0.2, 0.25) is 0 Å². The number of nitrogens with zero attached hydrogens (tertiary/aromatic N) is 3. The molecule has 6 heteroatoms. The number of aliphatic hydroxyl groups is 1. The van der Waals surface area contributed by atoms with Crippen LogP contribution >= 0.6 is 0 Å². The lowest BCUT2D eigenvalue weighted by Gasteiger charge is -2.28. The zero-order valence-corrected chi connectivity index (χ0v) is 15.9. The molecule has 4 rings (SSSR count). The number of nitriles is 1. The van der Waals surface area contributed by atoms with Crippen molar-refractivity contribution in [3.63, 3.8) is 0 Å². The molecule has 0 saturated heterocycles. The molecule has 0 fully saturated rings. The third-order valence-corrected chi connectivity index (χ3v) is 5.29. The molecule has 1 aliphatic rings. The van der Waals surface area contributed by atoms with Crippen LogP contribution in [0.15, 0.2) is 40.4 Å². The summed E-state index contributed by atoms with van der Waals surface area (Å²) in [5.74, 6) is -0.226. The van der Waals surface area contributed by atoms with Gasteiger partial charge in [-0.1, -0.05) is 26.0 Å². The second kappa shape index (κ2) is 6.03. The van der Waals surface area contributed by atoms with Crippen molar-refractivity contribution < 1.29 is 9.90 Å². The molecular formula is C22H19N3O3. The van der Waals surface area contributed by atoms with Gasteiger partial charge in [-0.25, -0.2) is 4.98 Å². The molecular weight excluding hydrogens is 354 g/mol. The van der Waals surface area contributed by atoms with Crippen LogP contribution in [0, 0.1) is 23.7 Å². The predicted octanol–water partition coefficient (Wildman–Crippen LogP) is 2.73. The minimum atomic E-state index is -0.363. The topological polar surface area (TPSA) is 95.5 Å². The highest BCUT2D eigenvalue weighted by molar-refractivity contribution is 6.04. The summed E-state index contributed by atoms with van der Waals surface area (Å²) >= 11 is 0. The number of hydrogen-bond donors (Lipinski definition) is 1. The van der Waals surface area contributed by atoms with Gasteiger partial charge in [-0.05, 0) is 36.1 Å². The van der Waals surface area contributed by atoms with E-state index in [9.17, 15) is 20.0 Å². The van der Waals surface area contributed by atoms with Crippen molar-refractivity contribution in [2.75, 3.05) is 0 Å². The average molecular weight is 373 g/mol. The van der Waals surface area contributed by atoms with Gasteiger partial charge in [0, 0.05) is 18.1 Å². The quantitative estimate of drug-likeness (QED) is 0.708. The maximum atomic E-state index is 13.3. The van der Waals surface area contributed by atoms with E-state index in [1.54, 1.807) is 25.1 Å². The van der Waals surface area contributed by atoms with Gasteiger partial charge in [-0.3, -0.25) is 14.0 Å². The minimum absolute atomic E-state index is 0.0193. The number of fused-ring (bicyclic) bond motifs is 3. The lowest BCUT2D eigenvalue weighted by molar-refractivity contribution is -0.118. The molecule has 2 heterocycles. The van der Waals surface area contributed by atoms with Crippen LogP contribution in [0.1, 0.15) is 37.8 Å². The summed E-state index contributed by atoms with van der Waals surface area (Å²) in [6.45, 7) is 5.50. The third-order valence-electron chi connectivity index (χ3n) is 5.29. The van der Waals surface area contributed by atoms with E-state index in [0.717, 1.165) is 0 Å². The van der Waals surface area contributed by atoms with Gasteiger partial charge < -0.3 is 5.11 Å². The van der Waals surface area contributed by atoms with Crippen LogP contribution in [-0.4, -0.2) is 20.3 Å². The molecule has 0 radical (unpaired) electrons. The van der Waals surface area contributed by atoms with Crippen molar-refractivity contribution in [2.45, 2.75) is 33.6 Å². The Kier molecular flexibility index (Phi) is 3.86. The molecule has 0 saturated carbocycles. The molecule has 2 aromatic heterocycles. The van der Waals surface area contributed by atoms with E-state index in [1.807, 2.05) is 19.9 Å². The fraction of sp³-hybridized carbons (Fsp3) is 0.273. The number of Topliss-reactive ketones (excluding diaryl/α,β-unsaturated/α-hetero) is 1. The van der Waals surface area contributed by atoms with Crippen molar-refractivity contribution in [3.05, 3.63) is 62.3 Å². The number of aromatic nitrogens is 2. The first-order valence-electron chi connectivity index (χ1n) is 9.04. The number of carbonyl (C=O) groups is 1. The highest BCUT2D eigenvalue weighted by atomic mass is 16.3. The Morgan fingerprint density at radius 3 is 2.64 bits per heavy atom. The Hall–Kier alpha value is -3.46. The van der Waals surface area contributed by atoms with Crippen LogP contribution in [0.3, 0.4) is 0 Å². The van der Waals surface area contributed by atoms with Gasteiger partial charge in [0.15, 0.2) is 11.4 Å². The zero-order chi connectivity index (χ0) is 20.2. The normalized spacial score (nSPS) is 17.5. The SMILES string of the molecule is Cc1c(C#N)c2nc3ccccc3n2c(=O)/c1=C\C1=C(O)CC(C)(C)CC1=O. The van der Waals surface area contributed by atoms with E-state index >= 15 is 0 Å². The van der Waals surface area contributed by atoms with Crippen LogP contribution < -0.4 is 10.8 Å². The van der Waals surface area contributed by atoms with E-state index in [-0.39, 0.29) is 45.3 Å². The summed E-state index contributed by atoms with van der Waals surface area (Å²) in [6.07, 6.45) is 2.08. The highest BCUT2D eigenvalue weighted by Gasteiger charge is 2.32. The number of benzene rings is 1.